The van der Waals surface area contributed by atoms with Crippen molar-refractivity contribution in [1.29, 1.82) is 0 Å². The lowest BCUT2D eigenvalue weighted by atomic mass is 10.1. The van der Waals surface area contributed by atoms with Gasteiger partial charge in [0.1, 0.15) is 29.1 Å². The molecule has 4 N–H and O–H groups in total. The van der Waals surface area contributed by atoms with Gasteiger partial charge in [-0.2, -0.15) is 0 Å². The van der Waals surface area contributed by atoms with E-state index in [1.165, 1.54) is 24.3 Å². The first-order chi connectivity index (χ1) is 13.9. The molecule has 0 atom stereocenters. The van der Waals surface area contributed by atoms with Crippen molar-refractivity contribution in [2.45, 2.75) is 6.61 Å². The zero-order valence-electron chi connectivity index (χ0n) is 15.0. The van der Waals surface area contributed by atoms with E-state index in [1.807, 2.05) is 30.3 Å². The first-order valence-corrected chi connectivity index (χ1v) is 8.66. The number of hydrogen-bond donors (Lipinski definition) is 4. The maximum absolute atomic E-state index is 12.6. The fraction of sp³-hybridized carbons (Fsp3) is 0.0455. The SMILES string of the molecule is O=c1c(O)c(-c2ccc(O)c(O)c2)oc2cc(OCc3ccccc3)cc(O)c12. The zero-order valence-corrected chi connectivity index (χ0v) is 15.0. The quantitative estimate of drug-likeness (QED) is 0.389. The smallest absolute Gasteiger partial charge is 0.238 e. The Bertz CT molecular complexity index is 1260. The molecule has 0 unspecified atom stereocenters. The molecule has 0 saturated heterocycles. The predicted molar refractivity (Wildman–Crippen MR) is 105 cm³/mol. The van der Waals surface area contributed by atoms with Crippen LogP contribution in [0.4, 0.5) is 0 Å². The van der Waals surface area contributed by atoms with Crippen LogP contribution in [0.25, 0.3) is 22.3 Å². The summed E-state index contributed by atoms with van der Waals surface area (Å²) in [5.41, 5.74) is 0.255. The summed E-state index contributed by atoms with van der Waals surface area (Å²) in [6.07, 6.45) is 0. The van der Waals surface area contributed by atoms with E-state index in [1.54, 1.807) is 0 Å². The third kappa shape index (κ3) is 3.41. The molecule has 4 aromatic rings. The fourth-order valence-corrected chi connectivity index (χ4v) is 2.95. The molecule has 146 valence electrons. The highest BCUT2D eigenvalue weighted by atomic mass is 16.5. The maximum atomic E-state index is 12.6. The molecular weight excluding hydrogens is 376 g/mol. The summed E-state index contributed by atoms with van der Waals surface area (Å²) >= 11 is 0. The molecule has 0 fully saturated rings. The number of benzene rings is 3. The molecule has 0 aliphatic carbocycles. The van der Waals surface area contributed by atoms with E-state index in [-0.39, 0.29) is 40.4 Å². The van der Waals surface area contributed by atoms with Crippen molar-refractivity contribution in [1.82, 2.24) is 0 Å². The Hall–Kier alpha value is -4.13. The Kier molecular flexibility index (Phi) is 4.48. The van der Waals surface area contributed by atoms with Gasteiger partial charge in [0.2, 0.25) is 11.2 Å². The number of ether oxygens (including phenoxy) is 1. The minimum absolute atomic E-state index is 0.00146. The molecule has 0 aliphatic rings. The van der Waals surface area contributed by atoms with E-state index in [0.717, 1.165) is 11.6 Å². The first kappa shape index (κ1) is 18.2. The molecule has 0 saturated carbocycles. The van der Waals surface area contributed by atoms with Crippen LogP contribution in [-0.4, -0.2) is 20.4 Å². The molecule has 7 nitrogen and oxygen atoms in total. The van der Waals surface area contributed by atoms with Gasteiger partial charge in [0.15, 0.2) is 17.3 Å². The Balaban J connectivity index is 1.80. The van der Waals surface area contributed by atoms with Crippen LogP contribution in [0.2, 0.25) is 0 Å². The van der Waals surface area contributed by atoms with Gasteiger partial charge in [0.05, 0.1) is 0 Å². The molecule has 3 aromatic carbocycles. The highest BCUT2D eigenvalue weighted by Gasteiger charge is 2.20. The van der Waals surface area contributed by atoms with Gasteiger partial charge < -0.3 is 29.6 Å². The van der Waals surface area contributed by atoms with Crippen LogP contribution in [0.3, 0.4) is 0 Å². The van der Waals surface area contributed by atoms with E-state index in [2.05, 4.69) is 0 Å². The van der Waals surface area contributed by atoms with Gasteiger partial charge in [0.25, 0.3) is 0 Å². The monoisotopic (exact) mass is 392 g/mol. The molecule has 1 aromatic heterocycles. The van der Waals surface area contributed by atoms with Crippen molar-refractivity contribution >= 4 is 11.0 Å². The van der Waals surface area contributed by atoms with Gasteiger partial charge in [-0.05, 0) is 23.8 Å². The lowest BCUT2D eigenvalue weighted by Gasteiger charge is -2.11. The molecule has 0 radical (unpaired) electrons. The van der Waals surface area contributed by atoms with E-state index < -0.39 is 22.7 Å². The van der Waals surface area contributed by atoms with E-state index in [0.29, 0.717) is 0 Å². The van der Waals surface area contributed by atoms with Crippen LogP contribution in [0.5, 0.6) is 28.7 Å². The summed E-state index contributed by atoms with van der Waals surface area (Å²) in [6.45, 7) is 0.243. The van der Waals surface area contributed by atoms with Gasteiger partial charge >= 0.3 is 0 Å². The second-order valence-electron chi connectivity index (χ2n) is 6.40. The summed E-state index contributed by atoms with van der Waals surface area (Å²) in [5, 5.41) is 39.5. The third-order valence-corrected chi connectivity index (χ3v) is 4.41. The minimum atomic E-state index is -0.832. The Morgan fingerprint density at radius 3 is 2.31 bits per heavy atom. The summed E-state index contributed by atoms with van der Waals surface area (Å²) in [6, 6.07) is 15.8. The standard InChI is InChI=1S/C22H16O7/c23-15-7-6-13(8-16(15)24)22-21(27)20(26)19-17(25)9-14(10-18(19)29-22)28-11-12-4-2-1-3-5-12/h1-10,23-25,27H,11H2. The second-order valence-corrected chi connectivity index (χ2v) is 6.40. The van der Waals surface area contributed by atoms with Gasteiger partial charge in [0, 0.05) is 17.7 Å². The molecule has 4 rings (SSSR count). The van der Waals surface area contributed by atoms with Crippen LogP contribution >= 0.6 is 0 Å². The summed E-state index contributed by atoms with van der Waals surface area (Å²) in [5.74, 6) is -1.85. The summed E-state index contributed by atoms with van der Waals surface area (Å²) < 4.78 is 11.3. The fourth-order valence-electron chi connectivity index (χ4n) is 2.95. The van der Waals surface area contributed by atoms with Gasteiger partial charge in [-0.25, -0.2) is 0 Å². The lowest BCUT2D eigenvalue weighted by Crippen LogP contribution is -2.04. The maximum Gasteiger partial charge on any atom is 0.238 e. The highest BCUT2D eigenvalue weighted by molar-refractivity contribution is 5.88. The van der Waals surface area contributed by atoms with Gasteiger partial charge in [-0.1, -0.05) is 30.3 Å². The van der Waals surface area contributed by atoms with Crippen molar-refractivity contribution in [2.75, 3.05) is 0 Å². The van der Waals surface area contributed by atoms with Crippen LogP contribution in [-0.2, 0) is 6.61 Å². The molecule has 0 spiro atoms. The zero-order chi connectivity index (χ0) is 20.5. The van der Waals surface area contributed by atoms with Gasteiger partial charge in [-0.15, -0.1) is 0 Å². The number of aromatic hydroxyl groups is 4. The van der Waals surface area contributed by atoms with Crippen molar-refractivity contribution in [3.8, 4) is 40.1 Å². The average molecular weight is 392 g/mol. The van der Waals surface area contributed by atoms with E-state index >= 15 is 0 Å². The van der Waals surface area contributed by atoms with E-state index in [9.17, 15) is 25.2 Å². The van der Waals surface area contributed by atoms with Crippen LogP contribution in [0, 0.1) is 0 Å². The number of phenols is 3. The molecule has 0 bridgehead atoms. The third-order valence-electron chi connectivity index (χ3n) is 4.41. The topological polar surface area (TPSA) is 120 Å². The lowest BCUT2D eigenvalue weighted by molar-refractivity contribution is 0.304. The number of phenolic OH excluding ortho intramolecular Hbond substituents is 3. The van der Waals surface area contributed by atoms with Crippen LogP contribution in [0.1, 0.15) is 5.56 Å². The summed E-state index contributed by atoms with van der Waals surface area (Å²) in [7, 11) is 0. The molecule has 0 amide bonds. The highest BCUT2D eigenvalue weighted by Crippen LogP contribution is 2.37. The van der Waals surface area contributed by atoms with Crippen molar-refractivity contribution in [3.05, 3.63) is 76.5 Å². The normalized spacial score (nSPS) is 10.9. The number of fused-ring (bicyclic) bond motifs is 1. The van der Waals surface area contributed by atoms with Crippen molar-refractivity contribution < 1.29 is 29.6 Å². The molecule has 7 heteroatoms. The summed E-state index contributed by atoms with van der Waals surface area (Å²) in [4.78, 5) is 12.6. The molecule has 29 heavy (non-hydrogen) atoms. The van der Waals surface area contributed by atoms with E-state index in [4.69, 9.17) is 9.15 Å². The van der Waals surface area contributed by atoms with Crippen molar-refractivity contribution in [3.63, 3.8) is 0 Å². The Morgan fingerprint density at radius 2 is 1.59 bits per heavy atom. The van der Waals surface area contributed by atoms with Crippen molar-refractivity contribution in [2.24, 2.45) is 0 Å². The molecule has 0 aliphatic heterocycles. The second kappa shape index (κ2) is 7.12. The molecule has 1 heterocycles. The number of hydrogen-bond acceptors (Lipinski definition) is 7. The molecular formula is C22H16O7. The predicted octanol–water partition coefficient (Wildman–Crippen LogP) is 3.86. The Labute approximate surface area is 164 Å². The van der Waals surface area contributed by atoms with Gasteiger partial charge in [-0.3, -0.25) is 4.79 Å². The Morgan fingerprint density at radius 1 is 0.828 bits per heavy atom. The van der Waals surface area contributed by atoms with Crippen LogP contribution in [0.15, 0.2) is 69.9 Å². The minimum Gasteiger partial charge on any atom is -0.507 e. The van der Waals surface area contributed by atoms with Crippen LogP contribution < -0.4 is 10.2 Å². The average Bonchev–Trinajstić information content (AvgIpc) is 2.71. The number of rotatable bonds is 4. The first-order valence-electron chi connectivity index (χ1n) is 8.66. The largest absolute Gasteiger partial charge is 0.507 e.